The fraction of sp³-hybridized carbons (Fsp3) is 0.314. The van der Waals surface area contributed by atoms with Crippen molar-refractivity contribution in [2.75, 3.05) is 26.8 Å². The van der Waals surface area contributed by atoms with Crippen molar-refractivity contribution < 1.29 is 51.9 Å². The Balaban J connectivity index is 1.79. The smallest absolute Gasteiger partial charge is 0.389 e. The Morgan fingerprint density at radius 1 is 0.739 bits per heavy atom. The molecule has 0 aliphatic rings. The molecule has 0 aromatic heterocycles. The number of hydrogen-bond acceptors (Lipinski definition) is 8. The zero-order chi connectivity index (χ0) is 33.7. The van der Waals surface area contributed by atoms with Crippen molar-refractivity contribution in [3.63, 3.8) is 0 Å². The maximum absolute atomic E-state index is 12.4. The van der Waals surface area contributed by atoms with E-state index in [2.05, 4.69) is 13.2 Å². The molecule has 0 aliphatic heterocycles. The zero-order valence-electron chi connectivity index (χ0n) is 25.5. The van der Waals surface area contributed by atoms with Crippen LogP contribution in [0.1, 0.15) is 37.3 Å². The fourth-order valence-corrected chi connectivity index (χ4v) is 4.40. The number of ether oxygens (including phenoxy) is 4. The van der Waals surface area contributed by atoms with Crippen LogP contribution in [-0.2, 0) is 31.9 Å². The van der Waals surface area contributed by atoms with Gasteiger partial charge in [0.15, 0.2) is 11.5 Å². The number of unbranched alkanes of at least 4 members (excludes halogenated alkanes) is 1. The van der Waals surface area contributed by atoms with Crippen LogP contribution < -0.4 is 9.47 Å². The minimum atomic E-state index is -4.13. The molecule has 2 N–H and O–H groups in total. The number of carbonyl (C=O) groups is 2. The van der Waals surface area contributed by atoms with E-state index in [0.717, 1.165) is 39.8 Å². The molecule has 3 rings (SSSR count). The van der Waals surface area contributed by atoms with Crippen LogP contribution >= 0.6 is 0 Å². The van der Waals surface area contributed by atoms with E-state index in [1.807, 2.05) is 49.4 Å². The number of carbonyl (C=O) groups excluding carboxylic acids is 2. The summed E-state index contributed by atoms with van der Waals surface area (Å²) in [4.78, 5) is 23.7. The second-order valence-corrected chi connectivity index (χ2v) is 10.3. The summed E-state index contributed by atoms with van der Waals surface area (Å²) in [5.41, 5.74) is 5.36. The van der Waals surface area contributed by atoms with Crippen molar-refractivity contribution in [3.05, 3.63) is 96.1 Å². The summed E-state index contributed by atoms with van der Waals surface area (Å²) >= 11 is 0. The van der Waals surface area contributed by atoms with Crippen molar-refractivity contribution in [1.29, 1.82) is 0 Å². The second kappa shape index (κ2) is 17.2. The highest BCUT2D eigenvalue weighted by Crippen LogP contribution is 2.35. The minimum Gasteiger partial charge on any atom is -0.453 e. The van der Waals surface area contributed by atoms with Crippen molar-refractivity contribution in [2.24, 2.45) is 0 Å². The molecule has 0 aliphatic carbocycles. The maximum Gasteiger partial charge on any atom is 0.389 e. The first-order valence-corrected chi connectivity index (χ1v) is 14.6. The Morgan fingerprint density at radius 2 is 1.28 bits per heavy atom. The van der Waals surface area contributed by atoms with E-state index in [-0.39, 0.29) is 29.1 Å². The number of aliphatic hydroxyl groups excluding tert-OH is 2. The zero-order valence-corrected chi connectivity index (χ0v) is 25.5. The monoisotopic (exact) mass is 642 g/mol. The van der Waals surface area contributed by atoms with Crippen molar-refractivity contribution in [2.45, 2.75) is 45.2 Å². The van der Waals surface area contributed by atoms with Gasteiger partial charge in [-0.05, 0) is 71.2 Å². The summed E-state index contributed by atoms with van der Waals surface area (Å²) in [5.74, 6) is -1.32. The molecule has 46 heavy (non-hydrogen) atoms. The number of alkyl halides is 3. The van der Waals surface area contributed by atoms with Crippen molar-refractivity contribution in [1.82, 2.24) is 0 Å². The van der Waals surface area contributed by atoms with Crippen molar-refractivity contribution in [3.8, 4) is 33.8 Å². The lowest BCUT2D eigenvalue weighted by Gasteiger charge is -2.16. The summed E-state index contributed by atoms with van der Waals surface area (Å²) in [5, 5.41) is 18.1. The van der Waals surface area contributed by atoms with E-state index in [0.29, 0.717) is 12.8 Å². The number of hydrogen-bond donors (Lipinski definition) is 2. The van der Waals surface area contributed by atoms with Gasteiger partial charge in [-0.1, -0.05) is 68.6 Å². The van der Waals surface area contributed by atoms with Gasteiger partial charge in [0.2, 0.25) is 13.6 Å². The predicted octanol–water partition coefficient (Wildman–Crippen LogP) is 6.71. The van der Waals surface area contributed by atoms with Gasteiger partial charge in [-0.15, -0.1) is 0 Å². The lowest BCUT2D eigenvalue weighted by molar-refractivity contribution is -0.147. The number of aliphatic hydroxyl groups is 2. The van der Waals surface area contributed by atoms with Gasteiger partial charge in [-0.3, -0.25) is 0 Å². The molecule has 0 heterocycles. The lowest BCUT2D eigenvalue weighted by Crippen LogP contribution is -2.15. The van der Waals surface area contributed by atoms with Crippen LogP contribution in [0.4, 0.5) is 13.2 Å². The Bertz CT molecular complexity index is 1510. The molecular formula is C35H37F3O8. The van der Waals surface area contributed by atoms with Gasteiger partial charge in [0, 0.05) is 6.42 Å². The van der Waals surface area contributed by atoms with Crippen LogP contribution in [0, 0.1) is 0 Å². The average Bonchev–Trinajstić information content (AvgIpc) is 3.05. The highest BCUT2D eigenvalue weighted by atomic mass is 19.4. The van der Waals surface area contributed by atoms with Crippen LogP contribution in [0.15, 0.2) is 85.0 Å². The minimum absolute atomic E-state index is 0.103. The lowest BCUT2D eigenvalue weighted by atomic mass is 9.93. The molecule has 8 nitrogen and oxygen atoms in total. The Morgan fingerprint density at radius 3 is 1.85 bits per heavy atom. The van der Waals surface area contributed by atoms with E-state index >= 15 is 0 Å². The predicted molar refractivity (Wildman–Crippen MR) is 166 cm³/mol. The Kier molecular flexibility index (Phi) is 13.4. The molecule has 0 saturated carbocycles. The third-order valence-corrected chi connectivity index (χ3v) is 6.97. The van der Waals surface area contributed by atoms with Gasteiger partial charge in [-0.2, -0.15) is 13.2 Å². The summed E-state index contributed by atoms with van der Waals surface area (Å²) in [6.45, 7) is 6.68. The third kappa shape index (κ3) is 10.8. The summed E-state index contributed by atoms with van der Waals surface area (Å²) in [6.07, 6.45) is -3.03. The van der Waals surface area contributed by atoms with Crippen LogP contribution in [-0.4, -0.2) is 55.1 Å². The van der Waals surface area contributed by atoms with Crippen LogP contribution in [0.2, 0.25) is 0 Å². The molecule has 0 spiro atoms. The van der Waals surface area contributed by atoms with Crippen LogP contribution in [0.25, 0.3) is 22.3 Å². The summed E-state index contributed by atoms with van der Waals surface area (Å²) < 4.78 is 58.4. The molecule has 246 valence electrons. The van der Waals surface area contributed by atoms with E-state index in [4.69, 9.17) is 29.2 Å². The molecular weight excluding hydrogens is 605 g/mol. The molecule has 0 bridgehead atoms. The quantitative estimate of drug-likeness (QED) is 0.0723. The molecule has 0 saturated heterocycles. The van der Waals surface area contributed by atoms with E-state index in [1.165, 1.54) is 0 Å². The highest BCUT2D eigenvalue weighted by Gasteiger charge is 2.25. The molecule has 0 fully saturated rings. The van der Waals surface area contributed by atoms with Crippen LogP contribution in [0.3, 0.4) is 0 Å². The first kappa shape index (κ1) is 35.9. The topological polar surface area (TPSA) is 112 Å². The summed E-state index contributed by atoms with van der Waals surface area (Å²) in [6, 6.07) is 18.8. The number of esters is 2. The standard InChI is InChI=1S/C35H37F3O8/c1-4-26-17-28(12-14-30(26)27-10-8-25(9-11-27)7-5-6-16-35(36,37)38)29-13-15-31(43-21-45-33(41)23(2)19-39)32(18-29)44-22-46-34(42)24(3)20-40/h8-15,17-18,39-40H,2-7,16,19-22H2,1H3. The molecule has 0 amide bonds. The first-order chi connectivity index (χ1) is 21.9. The second-order valence-electron chi connectivity index (χ2n) is 10.3. The van der Waals surface area contributed by atoms with Gasteiger partial charge in [0.05, 0.1) is 24.4 Å². The highest BCUT2D eigenvalue weighted by molar-refractivity contribution is 5.88. The molecule has 3 aromatic rings. The maximum atomic E-state index is 12.4. The van der Waals surface area contributed by atoms with Gasteiger partial charge in [0.1, 0.15) is 0 Å². The number of aryl methyl sites for hydroxylation is 2. The largest absolute Gasteiger partial charge is 0.453 e. The number of rotatable bonds is 17. The number of halogens is 3. The first-order valence-electron chi connectivity index (χ1n) is 14.6. The van der Waals surface area contributed by atoms with Gasteiger partial charge in [0.25, 0.3) is 0 Å². The Hall–Kier alpha value is -4.61. The average molecular weight is 643 g/mol. The fourth-order valence-electron chi connectivity index (χ4n) is 4.40. The van der Waals surface area contributed by atoms with Crippen LogP contribution in [0.5, 0.6) is 11.5 Å². The Labute approximate surface area is 265 Å². The van der Waals surface area contributed by atoms with Gasteiger partial charge in [-0.25, -0.2) is 9.59 Å². The molecule has 0 unspecified atom stereocenters. The summed E-state index contributed by atoms with van der Waals surface area (Å²) in [7, 11) is 0. The van der Waals surface area contributed by atoms with E-state index < -0.39 is 51.3 Å². The molecule has 3 aromatic carbocycles. The van der Waals surface area contributed by atoms with Crippen molar-refractivity contribution >= 4 is 11.9 Å². The number of benzene rings is 3. The van der Waals surface area contributed by atoms with E-state index in [1.54, 1.807) is 18.2 Å². The normalized spacial score (nSPS) is 11.1. The molecule has 11 heteroatoms. The molecule has 0 radical (unpaired) electrons. The van der Waals surface area contributed by atoms with Gasteiger partial charge >= 0.3 is 18.1 Å². The SMILES string of the molecule is C=C(CO)C(=O)OCOc1ccc(-c2ccc(-c3ccc(CCCCC(F)(F)F)cc3)c(CC)c2)cc1OCOC(=O)C(=C)CO. The third-order valence-electron chi connectivity index (χ3n) is 6.97. The molecule has 0 atom stereocenters. The van der Waals surface area contributed by atoms with E-state index in [9.17, 15) is 22.8 Å². The van der Waals surface area contributed by atoms with Gasteiger partial charge < -0.3 is 29.2 Å².